The molecule has 0 aliphatic heterocycles. The van der Waals surface area contributed by atoms with Gasteiger partial charge in [0.2, 0.25) is 0 Å². The van der Waals surface area contributed by atoms with Crippen LogP contribution in [0.25, 0.3) is 0 Å². The molecule has 0 atom stereocenters. The second-order valence-corrected chi connectivity index (χ2v) is 4.70. The molecule has 0 aromatic rings. The SMILES string of the molecule is CCNC(=O)OCC(COC(=O)NCC)OCCCC(=O)CON. The largest absolute Gasteiger partial charge is 0.447 e. The smallest absolute Gasteiger partial charge is 0.407 e. The molecule has 0 aromatic heterocycles. The maximum Gasteiger partial charge on any atom is 0.407 e. The van der Waals surface area contributed by atoms with Crippen LogP contribution in [0.3, 0.4) is 0 Å². The van der Waals surface area contributed by atoms with Crippen LogP contribution < -0.4 is 16.5 Å². The van der Waals surface area contributed by atoms with Gasteiger partial charge in [-0.3, -0.25) is 9.63 Å². The Bertz CT molecular complexity index is 357. The van der Waals surface area contributed by atoms with Gasteiger partial charge in [-0.25, -0.2) is 15.5 Å². The predicted molar refractivity (Wildman–Crippen MR) is 84.2 cm³/mol. The normalized spacial score (nSPS) is 10.3. The summed E-state index contributed by atoms with van der Waals surface area (Å²) in [6, 6.07) is 0. The van der Waals surface area contributed by atoms with Crippen molar-refractivity contribution < 1.29 is 33.4 Å². The second-order valence-electron chi connectivity index (χ2n) is 4.70. The van der Waals surface area contributed by atoms with E-state index in [9.17, 15) is 14.4 Å². The van der Waals surface area contributed by atoms with Gasteiger partial charge in [0.25, 0.3) is 0 Å². The van der Waals surface area contributed by atoms with E-state index in [2.05, 4.69) is 15.5 Å². The topological polar surface area (TPSA) is 138 Å². The Morgan fingerprint density at radius 2 is 1.54 bits per heavy atom. The van der Waals surface area contributed by atoms with Crippen molar-refractivity contribution in [3.8, 4) is 0 Å². The molecule has 0 spiro atoms. The highest BCUT2D eigenvalue weighted by molar-refractivity contribution is 5.79. The van der Waals surface area contributed by atoms with Crippen LogP contribution in [0.5, 0.6) is 0 Å². The first-order chi connectivity index (χ1) is 11.5. The van der Waals surface area contributed by atoms with Gasteiger partial charge in [0.05, 0.1) is 0 Å². The van der Waals surface area contributed by atoms with Crippen LogP contribution >= 0.6 is 0 Å². The first-order valence-electron chi connectivity index (χ1n) is 7.79. The number of carbonyl (C=O) groups excluding carboxylic acids is 3. The third-order valence-electron chi connectivity index (χ3n) is 2.64. The van der Waals surface area contributed by atoms with E-state index < -0.39 is 18.3 Å². The lowest BCUT2D eigenvalue weighted by Gasteiger charge is -2.18. The quantitative estimate of drug-likeness (QED) is 0.314. The molecule has 10 nitrogen and oxygen atoms in total. The number of Topliss-reactive ketones (excluding diaryl/α,β-unsaturated/α-hetero) is 1. The van der Waals surface area contributed by atoms with Crippen molar-refractivity contribution in [2.24, 2.45) is 5.90 Å². The average molecular weight is 349 g/mol. The molecule has 0 rings (SSSR count). The van der Waals surface area contributed by atoms with Crippen molar-refractivity contribution in [1.29, 1.82) is 0 Å². The number of nitrogens with two attached hydrogens (primary N) is 1. The number of ether oxygens (including phenoxy) is 3. The molecule has 0 aliphatic carbocycles. The van der Waals surface area contributed by atoms with Crippen LogP contribution in [-0.4, -0.2) is 63.6 Å². The Labute approximate surface area is 141 Å². The number of hydrogen-bond donors (Lipinski definition) is 3. The first kappa shape index (κ1) is 22.1. The maximum absolute atomic E-state index is 11.3. The highest BCUT2D eigenvalue weighted by Gasteiger charge is 2.15. The Hall–Kier alpha value is -1.91. The minimum atomic E-state index is -0.629. The van der Waals surface area contributed by atoms with Crippen LogP contribution in [-0.2, 0) is 23.8 Å². The number of alkyl carbamates (subject to hydrolysis) is 2. The molecule has 0 radical (unpaired) electrons. The van der Waals surface area contributed by atoms with Gasteiger partial charge in [-0.15, -0.1) is 0 Å². The lowest BCUT2D eigenvalue weighted by molar-refractivity contribution is -0.124. The number of hydrogen-bond acceptors (Lipinski definition) is 8. The monoisotopic (exact) mass is 349 g/mol. The van der Waals surface area contributed by atoms with Crippen LogP contribution in [0.15, 0.2) is 0 Å². The van der Waals surface area contributed by atoms with Gasteiger partial charge in [0, 0.05) is 26.1 Å². The first-order valence-corrected chi connectivity index (χ1v) is 7.79. The van der Waals surface area contributed by atoms with Crippen molar-refractivity contribution >= 4 is 18.0 Å². The summed E-state index contributed by atoms with van der Waals surface area (Å²) in [5.41, 5.74) is 0. The molecule has 0 unspecified atom stereocenters. The van der Waals surface area contributed by atoms with Gasteiger partial charge in [0.1, 0.15) is 25.9 Å². The molecular weight excluding hydrogens is 322 g/mol. The molecule has 0 aliphatic rings. The van der Waals surface area contributed by atoms with E-state index in [1.807, 2.05) is 0 Å². The number of carbonyl (C=O) groups is 3. The standard InChI is InChI=1S/C14H27N3O7/c1-3-16-13(19)22-9-12(10-23-14(20)17-4-2)21-7-5-6-11(18)8-24-15/h12H,3-10,15H2,1-2H3,(H,16,19)(H,17,20). The third-order valence-corrected chi connectivity index (χ3v) is 2.64. The molecule has 0 fully saturated rings. The van der Waals surface area contributed by atoms with Gasteiger partial charge in [-0.05, 0) is 20.3 Å². The molecular formula is C14H27N3O7. The van der Waals surface area contributed by atoms with E-state index in [0.29, 0.717) is 19.5 Å². The van der Waals surface area contributed by atoms with Gasteiger partial charge in [-0.2, -0.15) is 0 Å². The number of rotatable bonds is 13. The second kappa shape index (κ2) is 14.7. The fourth-order valence-electron chi connectivity index (χ4n) is 1.56. The summed E-state index contributed by atoms with van der Waals surface area (Å²) in [5, 5.41) is 4.95. The summed E-state index contributed by atoms with van der Waals surface area (Å²) >= 11 is 0. The van der Waals surface area contributed by atoms with E-state index in [4.69, 9.17) is 20.1 Å². The van der Waals surface area contributed by atoms with E-state index in [1.54, 1.807) is 13.8 Å². The summed E-state index contributed by atoms with van der Waals surface area (Å²) in [6.07, 6.45) is -1.10. The fourth-order valence-corrected chi connectivity index (χ4v) is 1.56. The van der Waals surface area contributed by atoms with Gasteiger partial charge < -0.3 is 24.8 Å². The van der Waals surface area contributed by atoms with Crippen LogP contribution in [0.1, 0.15) is 26.7 Å². The van der Waals surface area contributed by atoms with Crippen LogP contribution in [0.4, 0.5) is 9.59 Å². The van der Waals surface area contributed by atoms with E-state index in [-0.39, 0.29) is 38.6 Å². The minimum Gasteiger partial charge on any atom is -0.447 e. The molecule has 0 aromatic carbocycles. The van der Waals surface area contributed by atoms with Crippen molar-refractivity contribution in [3.05, 3.63) is 0 Å². The van der Waals surface area contributed by atoms with Crippen molar-refractivity contribution in [3.63, 3.8) is 0 Å². The zero-order valence-corrected chi connectivity index (χ0v) is 14.2. The van der Waals surface area contributed by atoms with E-state index >= 15 is 0 Å². The molecule has 2 amide bonds. The fraction of sp³-hybridized carbons (Fsp3) is 0.786. The number of ketones is 1. The molecule has 0 saturated heterocycles. The Kier molecular flexibility index (Phi) is 13.5. The molecule has 10 heteroatoms. The van der Waals surface area contributed by atoms with Crippen molar-refractivity contribution in [1.82, 2.24) is 10.6 Å². The lowest BCUT2D eigenvalue weighted by atomic mass is 10.2. The Morgan fingerprint density at radius 3 is 2.00 bits per heavy atom. The highest BCUT2D eigenvalue weighted by Crippen LogP contribution is 2.00. The van der Waals surface area contributed by atoms with Crippen molar-refractivity contribution in [2.75, 3.05) is 39.5 Å². The van der Waals surface area contributed by atoms with E-state index in [0.717, 1.165) is 0 Å². The summed E-state index contributed by atoms with van der Waals surface area (Å²) in [4.78, 5) is 38.1. The van der Waals surface area contributed by atoms with Gasteiger partial charge in [-0.1, -0.05) is 0 Å². The third kappa shape index (κ3) is 12.6. The van der Waals surface area contributed by atoms with Crippen LogP contribution in [0, 0.1) is 0 Å². The summed E-state index contributed by atoms with van der Waals surface area (Å²) in [7, 11) is 0. The maximum atomic E-state index is 11.3. The van der Waals surface area contributed by atoms with Crippen LogP contribution in [0.2, 0.25) is 0 Å². The zero-order valence-electron chi connectivity index (χ0n) is 14.2. The zero-order chi connectivity index (χ0) is 18.2. The lowest BCUT2D eigenvalue weighted by Crippen LogP contribution is -2.34. The molecule has 140 valence electrons. The van der Waals surface area contributed by atoms with Gasteiger partial charge >= 0.3 is 12.2 Å². The number of nitrogens with one attached hydrogen (secondary N) is 2. The summed E-state index contributed by atoms with van der Waals surface area (Å²) in [6.45, 7) is 4.32. The van der Waals surface area contributed by atoms with Gasteiger partial charge in [0.15, 0.2) is 5.78 Å². The summed E-state index contributed by atoms with van der Waals surface area (Å²) in [5.74, 6) is 4.66. The summed E-state index contributed by atoms with van der Waals surface area (Å²) < 4.78 is 15.4. The van der Waals surface area contributed by atoms with Crippen molar-refractivity contribution in [2.45, 2.75) is 32.8 Å². The Morgan fingerprint density at radius 1 is 1.00 bits per heavy atom. The van der Waals surface area contributed by atoms with E-state index in [1.165, 1.54) is 0 Å². The predicted octanol–water partition coefficient (Wildman–Crippen LogP) is 0.103. The molecule has 0 bridgehead atoms. The molecule has 24 heavy (non-hydrogen) atoms. The molecule has 0 saturated carbocycles. The molecule has 0 heterocycles. The minimum absolute atomic E-state index is 0.0783. The Balaban J connectivity index is 4.17. The highest BCUT2D eigenvalue weighted by atomic mass is 16.6. The average Bonchev–Trinajstić information content (AvgIpc) is 2.54. The number of amides is 2. The molecule has 4 N–H and O–H groups in total.